The van der Waals surface area contributed by atoms with Crippen molar-refractivity contribution in [2.45, 2.75) is 28.7 Å². The Kier molecular flexibility index (Phi) is 4.21. The second-order valence-corrected chi connectivity index (χ2v) is 9.38. The van der Waals surface area contributed by atoms with Crippen molar-refractivity contribution in [1.82, 2.24) is 4.98 Å². The molecule has 4 rings (SSSR count). The third-order valence-corrected chi connectivity index (χ3v) is 7.60. The molecule has 0 unspecified atom stereocenters. The predicted molar refractivity (Wildman–Crippen MR) is 97.0 cm³/mol. The van der Waals surface area contributed by atoms with E-state index in [0.29, 0.717) is 17.4 Å². The molecule has 0 N–H and O–H groups in total. The van der Waals surface area contributed by atoms with Gasteiger partial charge in [0, 0.05) is 24.2 Å². The van der Waals surface area contributed by atoms with E-state index in [-0.39, 0.29) is 21.4 Å². The highest BCUT2D eigenvalue weighted by Crippen LogP contribution is 2.46. The topological polar surface area (TPSA) is 50.3 Å². The van der Waals surface area contributed by atoms with Crippen LogP contribution in [0.1, 0.15) is 30.0 Å². The maximum atomic E-state index is 13.9. The maximum Gasteiger partial charge on any atom is 0.193 e. The van der Waals surface area contributed by atoms with E-state index < -0.39 is 15.7 Å². The molecule has 0 amide bonds. The summed E-state index contributed by atoms with van der Waals surface area (Å²) in [6.07, 6.45) is 9.65. The van der Waals surface area contributed by atoms with Gasteiger partial charge in [-0.15, -0.1) is 0 Å². The number of hydrogen-bond donors (Lipinski definition) is 0. The highest BCUT2D eigenvalue weighted by Gasteiger charge is 2.35. The second-order valence-electron chi connectivity index (χ2n) is 6.22. The fourth-order valence-corrected chi connectivity index (χ4v) is 5.86. The number of allylic oxidation sites excluding steroid dienone is 2. The van der Waals surface area contributed by atoms with Crippen LogP contribution in [-0.4, -0.2) is 19.9 Å². The molecule has 0 saturated heterocycles. The zero-order valence-electron chi connectivity index (χ0n) is 13.4. The van der Waals surface area contributed by atoms with Gasteiger partial charge in [0.2, 0.25) is 0 Å². The number of thiazole rings is 1. The molecule has 1 aromatic heterocycles. The first kappa shape index (κ1) is 16.5. The second kappa shape index (κ2) is 6.38. The highest BCUT2D eigenvalue weighted by molar-refractivity contribution is 7.92. The van der Waals surface area contributed by atoms with Gasteiger partial charge in [-0.25, -0.2) is 17.8 Å². The van der Waals surface area contributed by atoms with Gasteiger partial charge < -0.3 is 4.90 Å². The summed E-state index contributed by atoms with van der Waals surface area (Å²) in [5, 5.41) is 0.676. The lowest BCUT2D eigenvalue weighted by Crippen LogP contribution is -2.17. The predicted octanol–water partition coefficient (Wildman–Crippen LogP) is 4.02. The van der Waals surface area contributed by atoms with Gasteiger partial charge in [0.25, 0.3) is 0 Å². The number of benzene rings is 1. The molecule has 25 heavy (non-hydrogen) atoms. The number of anilines is 1. The monoisotopic (exact) mass is 376 g/mol. The SMILES string of the molecule is O=S(=O)(Cc1ccccc1F)c1sc(N2C=CC=CC2)nc1C1CC1. The van der Waals surface area contributed by atoms with Crippen LogP contribution in [0, 0.1) is 5.82 Å². The number of hydrogen-bond acceptors (Lipinski definition) is 5. The molecule has 4 nitrogen and oxygen atoms in total. The molecule has 2 aromatic rings. The Morgan fingerprint density at radius 2 is 2.04 bits per heavy atom. The Morgan fingerprint density at radius 3 is 2.72 bits per heavy atom. The van der Waals surface area contributed by atoms with E-state index in [1.165, 1.54) is 23.5 Å². The number of nitrogens with zero attached hydrogens (tertiary/aromatic N) is 2. The molecule has 1 aliphatic heterocycles. The summed E-state index contributed by atoms with van der Waals surface area (Å²) in [5.74, 6) is -0.621. The molecule has 2 aliphatic rings. The molecule has 0 spiro atoms. The van der Waals surface area contributed by atoms with Crippen LogP contribution in [0.4, 0.5) is 9.52 Å². The Labute approximate surface area is 150 Å². The molecule has 0 radical (unpaired) electrons. The zero-order chi connectivity index (χ0) is 17.4. The molecule has 1 fully saturated rings. The third-order valence-electron chi connectivity index (χ3n) is 4.22. The van der Waals surface area contributed by atoms with Gasteiger partial charge in [-0.05, 0) is 25.0 Å². The third kappa shape index (κ3) is 3.39. The molecule has 1 saturated carbocycles. The van der Waals surface area contributed by atoms with Gasteiger partial charge >= 0.3 is 0 Å². The van der Waals surface area contributed by atoms with Crippen LogP contribution in [0.2, 0.25) is 0 Å². The average Bonchev–Trinajstić information content (AvgIpc) is 3.35. The van der Waals surface area contributed by atoms with Gasteiger partial charge in [-0.1, -0.05) is 41.7 Å². The minimum absolute atomic E-state index is 0.194. The number of halogens is 1. The first-order chi connectivity index (χ1) is 12.0. The Morgan fingerprint density at radius 1 is 1.24 bits per heavy atom. The van der Waals surface area contributed by atoms with Gasteiger partial charge in [0.15, 0.2) is 15.0 Å². The van der Waals surface area contributed by atoms with Crippen LogP contribution >= 0.6 is 11.3 Å². The van der Waals surface area contributed by atoms with Crippen molar-refractivity contribution in [1.29, 1.82) is 0 Å². The van der Waals surface area contributed by atoms with E-state index in [9.17, 15) is 12.8 Å². The van der Waals surface area contributed by atoms with Gasteiger partial charge in [-0.3, -0.25) is 0 Å². The molecule has 1 aliphatic carbocycles. The Bertz CT molecular complexity index is 959. The summed E-state index contributed by atoms with van der Waals surface area (Å²) in [7, 11) is -3.64. The van der Waals surface area contributed by atoms with E-state index in [0.717, 1.165) is 12.8 Å². The van der Waals surface area contributed by atoms with Crippen molar-refractivity contribution >= 4 is 26.3 Å². The van der Waals surface area contributed by atoms with Crippen LogP contribution in [0.25, 0.3) is 0 Å². The van der Waals surface area contributed by atoms with Crippen molar-refractivity contribution < 1.29 is 12.8 Å². The van der Waals surface area contributed by atoms with E-state index in [1.807, 2.05) is 29.3 Å². The summed E-state index contributed by atoms with van der Waals surface area (Å²) in [4.78, 5) is 6.54. The molecule has 7 heteroatoms. The van der Waals surface area contributed by atoms with Crippen LogP contribution in [-0.2, 0) is 15.6 Å². The van der Waals surface area contributed by atoms with Crippen molar-refractivity contribution in [2.75, 3.05) is 11.4 Å². The highest BCUT2D eigenvalue weighted by atomic mass is 32.2. The first-order valence-electron chi connectivity index (χ1n) is 8.11. The van der Waals surface area contributed by atoms with E-state index in [1.54, 1.807) is 12.1 Å². The molecule has 1 aromatic carbocycles. The van der Waals surface area contributed by atoms with Crippen molar-refractivity contribution in [3.8, 4) is 0 Å². The smallest absolute Gasteiger partial charge is 0.193 e. The summed E-state index contributed by atoms with van der Waals surface area (Å²) in [6.45, 7) is 0.668. The molecule has 130 valence electrons. The first-order valence-corrected chi connectivity index (χ1v) is 10.6. The standard InChI is InChI=1S/C18H17FN2O2S2/c19-15-7-3-2-6-14(15)12-25(22,23)17-16(13-8-9-13)20-18(24-17)21-10-4-1-5-11-21/h1-7,10,13H,8-9,11-12H2. The van der Waals surface area contributed by atoms with Crippen molar-refractivity contribution in [2.24, 2.45) is 0 Å². The molecule has 0 atom stereocenters. The average molecular weight is 376 g/mol. The molecular formula is C18H17FN2O2S2. The van der Waals surface area contributed by atoms with Crippen LogP contribution in [0.5, 0.6) is 0 Å². The van der Waals surface area contributed by atoms with E-state index in [4.69, 9.17) is 0 Å². The van der Waals surface area contributed by atoms with Gasteiger partial charge in [-0.2, -0.15) is 0 Å². The zero-order valence-corrected chi connectivity index (χ0v) is 15.1. The lowest BCUT2D eigenvalue weighted by Gasteiger charge is -2.16. The summed E-state index contributed by atoms with van der Waals surface area (Å²) in [6, 6.07) is 6.01. The Balaban J connectivity index is 1.70. The van der Waals surface area contributed by atoms with E-state index >= 15 is 0 Å². The molecule has 2 heterocycles. The van der Waals surface area contributed by atoms with Crippen molar-refractivity contribution in [3.63, 3.8) is 0 Å². The van der Waals surface area contributed by atoms with Crippen LogP contribution < -0.4 is 4.90 Å². The summed E-state index contributed by atoms with van der Waals surface area (Å²) in [5.41, 5.74) is 0.847. The van der Waals surface area contributed by atoms with Gasteiger partial charge in [0.05, 0.1) is 11.4 Å². The minimum Gasteiger partial charge on any atom is -0.321 e. The minimum atomic E-state index is -3.64. The number of rotatable bonds is 5. The summed E-state index contributed by atoms with van der Waals surface area (Å²) >= 11 is 1.19. The summed E-state index contributed by atoms with van der Waals surface area (Å²) < 4.78 is 40.1. The fourth-order valence-electron chi connectivity index (χ4n) is 2.76. The number of aromatic nitrogens is 1. The molecular weight excluding hydrogens is 359 g/mol. The van der Waals surface area contributed by atoms with Crippen LogP contribution in [0.3, 0.4) is 0 Å². The maximum absolute atomic E-state index is 13.9. The lowest BCUT2D eigenvalue weighted by molar-refractivity contribution is 0.587. The van der Waals surface area contributed by atoms with Crippen LogP contribution in [0.15, 0.2) is 52.9 Å². The Hall–Kier alpha value is -1.99. The van der Waals surface area contributed by atoms with E-state index in [2.05, 4.69) is 4.98 Å². The van der Waals surface area contributed by atoms with Crippen molar-refractivity contribution in [3.05, 3.63) is 65.8 Å². The fraction of sp³-hybridized carbons (Fsp3) is 0.278. The number of sulfone groups is 1. The van der Waals surface area contributed by atoms with Gasteiger partial charge in [0.1, 0.15) is 10.0 Å². The molecule has 0 bridgehead atoms. The quantitative estimate of drug-likeness (QED) is 0.791. The normalized spacial score (nSPS) is 17.2. The lowest BCUT2D eigenvalue weighted by atomic mass is 10.2. The largest absolute Gasteiger partial charge is 0.321 e.